The first kappa shape index (κ1) is 15.7. The van der Waals surface area contributed by atoms with E-state index in [0.717, 1.165) is 25.3 Å². The number of hydrogen-bond acceptors (Lipinski definition) is 5. The topological polar surface area (TPSA) is 74.4 Å². The van der Waals surface area contributed by atoms with Crippen molar-refractivity contribution in [1.29, 1.82) is 0 Å². The van der Waals surface area contributed by atoms with Crippen molar-refractivity contribution < 1.29 is 10.2 Å². The maximum atomic E-state index is 10.4. The summed E-state index contributed by atoms with van der Waals surface area (Å²) in [7, 11) is 1.92. The molecular weight excluding hydrogens is 280 g/mol. The van der Waals surface area contributed by atoms with Crippen molar-refractivity contribution in [3.63, 3.8) is 0 Å². The Morgan fingerprint density at radius 1 is 1.27 bits per heavy atom. The van der Waals surface area contributed by atoms with E-state index >= 15 is 0 Å². The summed E-state index contributed by atoms with van der Waals surface area (Å²) in [4.78, 5) is 2.28. The van der Waals surface area contributed by atoms with Gasteiger partial charge in [0.25, 0.3) is 0 Å². The summed E-state index contributed by atoms with van der Waals surface area (Å²) in [5.74, 6) is 1.85. The monoisotopic (exact) mass is 308 g/mol. The van der Waals surface area contributed by atoms with E-state index in [2.05, 4.69) is 28.9 Å². The van der Waals surface area contributed by atoms with Crippen LogP contribution >= 0.6 is 0 Å². The van der Waals surface area contributed by atoms with E-state index in [9.17, 15) is 10.2 Å². The average molecular weight is 308 g/mol. The van der Waals surface area contributed by atoms with Crippen molar-refractivity contribution in [3.8, 4) is 0 Å². The molecule has 1 unspecified atom stereocenters. The third kappa shape index (κ3) is 2.07. The van der Waals surface area contributed by atoms with E-state index in [0.29, 0.717) is 17.8 Å². The number of rotatable bonds is 3. The molecule has 1 aliphatic heterocycles. The molecule has 2 N–H and O–H groups in total. The van der Waals surface area contributed by atoms with Crippen molar-refractivity contribution in [2.45, 2.75) is 58.8 Å². The van der Waals surface area contributed by atoms with Gasteiger partial charge in [-0.2, -0.15) is 0 Å². The van der Waals surface area contributed by atoms with Crippen LogP contribution in [0.15, 0.2) is 0 Å². The molecular formula is C16H28N4O2. The fourth-order valence-corrected chi connectivity index (χ4v) is 4.28. The van der Waals surface area contributed by atoms with Gasteiger partial charge in [-0.15, -0.1) is 10.2 Å². The third-order valence-electron chi connectivity index (χ3n) is 5.65. The second-order valence-electron chi connectivity index (χ2n) is 7.82. The molecule has 0 radical (unpaired) electrons. The molecule has 22 heavy (non-hydrogen) atoms. The fourth-order valence-electron chi connectivity index (χ4n) is 4.28. The highest BCUT2D eigenvalue weighted by Gasteiger charge is 2.59. The van der Waals surface area contributed by atoms with E-state index in [1.807, 2.05) is 25.5 Å². The Kier molecular flexibility index (Phi) is 3.72. The molecule has 1 saturated heterocycles. The first-order valence-corrected chi connectivity index (χ1v) is 8.29. The van der Waals surface area contributed by atoms with E-state index < -0.39 is 6.10 Å². The average Bonchev–Trinajstić information content (AvgIpc) is 2.86. The second kappa shape index (κ2) is 5.20. The van der Waals surface area contributed by atoms with Crippen LogP contribution in [-0.2, 0) is 7.05 Å². The number of piperidine rings is 1. The molecule has 0 bridgehead atoms. The zero-order valence-electron chi connectivity index (χ0n) is 14.2. The summed E-state index contributed by atoms with van der Waals surface area (Å²) < 4.78 is 1.91. The Bertz CT molecular complexity index is 554. The number of nitrogens with zero attached hydrogens (tertiary/aromatic N) is 4. The van der Waals surface area contributed by atoms with Crippen molar-refractivity contribution in [1.82, 2.24) is 14.8 Å². The van der Waals surface area contributed by atoms with Gasteiger partial charge in [0.05, 0.1) is 6.10 Å². The summed E-state index contributed by atoms with van der Waals surface area (Å²) in [5.41, 5.74) is -0.131. The van der Waals surface area contributed by atoms with Gasteiger partial charge in [0.1, 0.15) is 6.10 Å². The molecule has 4 atom stereocenters. The van der Waals surface area contributed by atoms with Gasteiger partial charge in [-0.05, 0) is 18.8 Å². The van der Waals surface area contributed by atoms with Crippen LogP contribution in [0.4, 0.5) is 5.95 Å². The summed E-state index contributed by atoms with van der Waals surface area (Å²) in [5, 5.41) is 29.2. The zero-order chi connectivity index (χ0) is 16.2. The lowest BCUT2D eigenvalue weighted by molar-refractivity contribution is -0.133. The van der Waals surface area contributed by atoms with Crippen molar-refractivity contribution >= 4 is 5.95 Å². The normalized spacial score (nSPS) is 31.8. The number of hydrogen-bond donors (Lipinski definition) is 2. The van der Waals surface area contributed by atoms with E-state index in [-0.39, 0.29) is 17.4 Å². The number of fused-ring (bicyclic) bond motifs is 1. The number of aliphatic hydroxyl groups excluding tert-OH is 2. The minimum absolute atomic E-state index is 0.104. The molecule has 1 aromatic rings. The van der Waals surface area contributed by atoms with Crippen molar-refractivity contribution in [2.75, 3.05) is 11.4 Å². The minimum Gasteiger partial charge on any atom is -0.392 e. The predicted molar refractivity (Wildman–Crippen MR) is 84.4 cm³/mol. The molecule has 2 heterocycles. The maximum Gasteiger partial charge on any atom is 0.227 e. The lowest BCUT2D eigenvalue weighted by atomic mass is 9.54. The SMILES string of the molecule is CC(C)C(O)c1nnc(N2CCC[C@@H]3[C@H](O)C(C)(C)[C@@H]32)n1C. The summed E-state index contributed by atoms with van der Waals surface area (Å²) in [6, 6.07) is 0.295. The van der Waals surface area contributed by atoms with Crippen LogP contribution in [0.3, 0.4) is 0 Å². The molecule has 124 valence electrons. The van der Waals surface area contributed by atoms with Crippen LogP contribution in [-0.4, -0.2) is 43.7 Å². The molecule has 6 heteroatoms. The van der Waals surface area contributed by atoms with E-state index in [1.54, 1.807) is 0 Å². The quantitative estimate of drug-likeness (QED) is 0.885. The van der Waals surface area contributed by atoms with E-state index in [1.165, 1.54) is 0 Å². The molecule has 2 fully saturated rings. The number of anilines is 1. The Balaban J connectivity index is 1.91. The molecule has 0 spiro atoms. The predicted octanol–water partition coefficient (Wildman–Crippen LogP) is 1.49. The fraction of sp³-hybridized carbons (Fsp3) is 0.875. The molecule has 3 rings (SSSR count). The highest BCUT2D eigenvalue weighted by molar-refractivity contribution is 5.39. The lowest BCUT2D eigenvalue weighted by Crippen LogP contribution is -2.70. The Morgan fingerprint density at radius 3 is 2.59 bits per heavy atom. The molecule has 0 amide bonds. The van der Waals surface area contributed by atoms with Crippen LogP contribution in [0.5, 0.6) is 0 Å². The maximum absolute atomic E-state index is 10.4. The third-order valence-corrected chi connectivity index (χ3v) is 5.65. The zero-order valence-corrected chi connectivity index (χ0v) is 14.2. The van der Waals surface area contributed by atoms with Crippen LogP contribution in [0, 0.1) is 17.3 Å². The minimum atomic E-state index is -0.605. The van der Waals surface area contributed by atoms with E-state index in [4.69, 9.17) is 0 Å². The number of aliphatic hydroxyl groups is 2. The Morgan fingerprint density at radius 2 is 1.95 bits per heavy atom. The van der Waals surface area contributed by atoms with Gasteiger partial charge >= 0.3 is 0 Å². The van der Waals surface area contributed by atoms with Gasteiger partial charge in [0, 0.05) is 31.0 Å². The molecule has 2 aliphatic rings. The smallest absolute Gasteiger partial charge is 0.227 e. The Hall–Kier alpha value is -1.14. The highest BCUT2D eigenvalue weighted by atomic mass is 16.3. The van der Waals surface area contributed by atoms with Gasteiger partial charge < -0.3 is 15.1 Å². The van der Waals surface area contributed by atoms with Crippen LogP contribution in [0.2, 0.25) is 0 Å². The van der Waals surface area contributed by atoms with Gasteiger partial charge in [-0.1, -0.05) is 27.7 Å². The summed E-state index contributed by atoms with van der Waals surface area (Å²) >= 11 is 0. The van der Waals surface area contributed by atoms with Crippen LogP contribution in [0.25, 0.3) is 0 Å². The van der Waals surface area contributed by atoms with Gasteiger partial charge in [0.15, 0.2) is 5.82 Å². The van der Waals surface area contributed by atoms with Crippen LogP contribution < -0.4 is 4.90 Å². The van der Waals surface area contributed by atoms with Crippen molar-refractivity contribution in [3.05, 3.63) is 5.82 Å². The Labute approximate surface area is 132 Å². The molecule has 1 aromatic heterocycles. The highest BCUT2D eigenvalue weighted by Crippen LogP contribution is 2.53. The molecule has 1 saturated carbocycles. The summed E-state index contributed by atoms with van der Waals surface area (Å²) in [6.45, 7) is 9.12. The summed E-state index contributed by atoms with van der Waals surface area (Å²) in [6.07, 6.45) is 1.29. The standard InChI is InChI=1S/C16H28N4O2/c1-9(2)11(21)14-17-18-15(19(14)5)20-8-6-7-10-12(20)16(3,4)13(10)22/h9-13,21-22H,6-8H2,1-5H3/t10-,11?,12+,13-/m0/s1. The first-order valence-electron chi connectivity index (χ1n) is 8.29. The molecule has 1 aliphatic carbocycles. The molecule has 6 nitrogen and oxygen atoms in total. The largest absolute Gasteiger partial charge is 0.392 e. The van der Waals surface area contributed by atoms with Gasteiger partial charge in [0.2, 0.25) is 5.95 Å². The lowest BCUT2D eigenvalue weighted by Gasteiger charge is -2.62. The van der Waals surface area contributed by atoms with Crippen molar-refractivity contribution in [2.24, 2.45) is 24.3 Å². The second-order valence-corrected chi connectivity index (χ2v) is 7.82. The number of aromatic nitrogens is 3. The molecule has 0 aromatic carbocycles. The first-order chi connectivity index (χ1) is 10.3. The van der Waals surface area contributed by atoms with Gasteiger partial charge in [-0.3, -0.25) is 4.57 Å². The van der Waals surface area contributed by atoms with Crippen LogP contribution in [0.1, 0.15) is 52.5 Å². The van der Waals surface area contributed by atoms with Gasteiger partial charge in [-0.25, -0.2) is 0 Å².